The summed E-state index contributed by atoms with van der Waals surface area (Å²) < 4.78 is 11.2. The summed E-state index contributed by atoms with van der Waals surface area (Å²) in [7, 11) is 1.13. The van der Waals surface area contributed by atoms with Gasteiger partial charge in [0.25, 0.3) is 0 Å². The SMILES string of the molecule is C[C@@H](C[S@@](C)=O)N(C)CC(=O)N1CCCCCC1. The highest BCUT2D eigenvalue weighted by Crippen LogP contribution is 2.10. The molecule has 0 aromatic rings. The van der Waals surface area contributed by atoms with Crippen molar-refractivity contribution in [3.8, 4) is 0 Å². The predicted octanol–water partition coefficient (Wildman–Crippen LogP) is 1.09. The molecule has 0 aliphatic carbocycles. The van der Waals surface area contributed by atoms with Crippen LogP contribution in [0.3, 0.4) is 0 Å². The molecule has 1 fully saturated rings. The highest BCUT2D eigenvalue weighted by Gasteiger charge is 2.19. The third-order valence-corrected chi connectivity index (χ3v) is 4.52. The minimum atomic E-state index is -0.805. The third-order valence-electron chi connectivity index (χ3n) is 3.57. The van der Waals surface area contributed by atoms with Crippen LogP contribution in [-0.4, -0.2) is 64.6 Å². The number of hydrogen-bond acceptors (Lipinski definition) is 3. The average molecular weight is 274 g/mol. The Morgan fingerprint density at radius 3 is 2.33 bits per heavy atom. The van der Waals surface area contributed by atoms with E-state index in [2.05, 4.69) is 0 Å². The van der Waals surface area contributed by atoms with Crippen LogP contribution in [0.5, 0.6) is 0 Å². The maximum Gasteiger partial charge on any atom is 0.236 e. The predicted molar refractivity (Wildman–Crippen MR) is 76.1 cm³/mol. The molecule has 1 rings (SSSR count). The molecule has 5 heteroatoms. The van der Waals surface area contributed by atoms with Gasteiger partial charge in [0.1, 0.15) is 0 Å². The number of nitrogens with zero attached hydrogens (tertiary/aromatic N) is 2. The van der Waals surface area contributed by atoms with Gasteiger partial charge in [-0.15, -0.1) is 0 Å². The Morgan fingerprint density at radius 2 is 1.83 bits per heavy atom. The number of carbonyl (C=O) groups is 1. The van der Waals surface area contributed by atoms with Crippen LogP contribution in [0.2, 0.25) is 0 Å². The molecule has 4 nitrogen and oxygen atoms in total. The highest BCUT2D eigenvalue weighted by atomic mass is 32.2. The van der Waals surface area contributed by atoms with Gasteiger partial charge in [0.05, 0.1) is 6.54 Å². The molecule has 0 saturated carbocycles. The quantitative estimate of drug-likeness (QED) is 0.753. The van der Waals surface area contributed by atoms with Gasteiger partial charge in [-0.3, -0.25) is 13.9 Å². The van der Waals surface area contributed by atoms with Crippen LogP contribution in [0.1, 0.15) is 32.6 Å². The first kappa shape index (κ1) is 15.6. The van der Waals surface area contributed by atoms with Crippen LogP contribution < -0.4 is 0 Å². The van der Waals surface area contributed by atoms with Gasteiger partial charge in [-0.25, -0.2) is 0 Å². The second-order valence-corrected chi connectivity index (χ2v) is 6.78. The van der Waals surface area contributed by atoms with Gasteiger partial charge in [0.15, 0.2) is 0 Å². The van der Waals surface area contributed by atoms with E-state index in [9.17, 15) is 9.00 Å². The molecule has 1 aliphatic rings. The van der Waals surface area contributed by atoms with E-state index in [1.807, 2.05) is 23.8 Å². The molecule has 2 atom stereocenters. The van der Waals surface area contributed by atoms with E-state index in [1.54, 1.807) is 6.26 Å². The van der Waals surface area contributed by atoms with E-state index in [0.29, 0.717) is 12.3 Å². The van der Waals surface area contributed by atoms with Crippen LogP contribution in [0.25, 0.3) is 0 Å². The van der Waals surface area contributed by atoms with Crippen molar-refractivity contribution in [2.75, 3.05) is 38.7 Å². The molecule has 1 saturated heterocycles. The molecule has 0 radical (unpaired) electrons. The fourth-order valence-corrected chi connectivity index (χ4v) is 3.19. The molecule has 0 spiro atoms. The second-order valence-electron chi connectivity index (χ2n) is 5.30. The van der Waals surface area contributed by atoms with Gasteiger partial charge < -0.3 is 4.90 Å². The van der Waals surface area contributed by atoms with Crippen molar-refractivity contribution in [1.82, 2.24) is 9.80 Å². The molecule has 1 amide bonds. The number of likely N-dealkylation sites (N-methyl/N-ethyl adjacent to an activating group) is 1. The van der Waals surface area contributed by atoms with Crippen molar-refractivity contribution < 1.29 is 9.00 Å². The topological polar surface area (TPSA) is 40.6 Å². The minimum absolute atomic E-state index is 0.187. The summed E-state index contributed by atoms with van der Waals surface area (Å²) >= 11 is 0. The Labute approximate surface area is 113 Å². The average Bonchev–Trinajstić information content (AvgIpc) is 2.56. The lowest BCUT2D eigenvalue weighted by molar-refractivity contribution is -0.132. The second kappa shape index (κ2) is 7.89. The van der Waals surface area contributed by atoms with E-state index >= 15 is 0 Å². The van der Waals surface area contributed by atoms with Gasteiger partial charge >= 0.3 is 0 Å². The smallest absolute Gasteiger partial charge is 0.236 e. The van der Waals surface area contributed by atoms with Crippen LogP contribution in [0.15, 0.2) is 0 Å². The van der Waals surface area contributed by atoms with Crippen LogP contribution >= 0.6 is 0 Å². The Kier molecular flexibility index (Phi) is 6.86. The maximum absolute atomic E-state index is 12.2. The molecular formula is C13H26N2O2S. The Hall–Kier alpha value is -0.420. The fraction of sp³-hybridized carbons (Fsp3) is 0.923. The zero-order chi connectivity index (χ0) is 13.5. The summed E-state index contributed by atoms with van der Waals surface area (Å²) in [4.78, 5) is 16.2. The van der Waals surface area contributed by atoms with E-state index in [4.69, 9.17) is 0 Å². The first-order valence-corrected chi connectivity index (χ1v) is 8.51. The maximum atomic E-state index is 12.2. The van der Waals surface area contributed by atoms with Crippen molar-refractivity contribution in [1.29, 1.82) is 0 Å². The Balaban J connectivity index is 2.39. The normalized spacial score (nSPS) is 20.6. The van der Waals surface area contributed by atoms with Crippen molar-refractivity contribution in [2.24, 2.45) is 0 Å². The summed E-state index contributed by atoms with van der Waals surface area (Å²) in [5.41, 5.74) is 0. The summed E-state index contributed by atoms with van der Waals surface area (Å²) in [6.07, 6.45) is 6.45. The Bertz CT molecular complexity index is 289. The fourth-order valence-electron chi connectivity index (χ4n) is 2.26. The van der Waals surface area contributed by atoms with E-state index in [1.165, 1.54) is 12.8 Å². The zero-order valence-electron chi connectivity index (χ0n) is 11.9. The molecule has 0 N–H and O–H groups in total. The molecule has 106 valence electrons. The molecule has 0 aromatic heterocycles. The van der Waals surface area contributed by atoms with Crippen LogP contribution in [0, 0.1) is 0 Å². The van der Waals surface area contributed by atoms with E-state index in [0.717, 1.165) is 25.9 Å². The van der Waals surface area contributed by atoms with Gasteiger partial charge in [-0.2, -0.15) is 0 Å². The zero-order valence-corrected chi connectivity index (χ0v) is 12.7. The number of amides is 1. The number of carbonyl (C=O) groups excluding carboxylic acids is 1. The number of hydrogen-bond donors (Lipinski definition) is 0. The molecule has 18 heavy (non-hydrogen) atoms. The van der Waals surface area contributed by atoms with Gasteiger partial charge in [-0.1, -0.05) is 12.8 Å². The van der Waals surface area contributed by atoms with Crippen molar-refractivity contribution >= 4 is 16.7 Å². The lowest BCUT2D eigenvalue weighted by Crippen LogP contribution is -2.43. The number of rotatable bonds is 5. The monoisotopic (exact) mass is 274 g/mol. The van der Waals surface area contributed by atoms with Gasteiger partial charge in [-0.05, 0) is 26.8 Å². The van der Waals surface area contributed by atoms with Crippen LogP contribution in [-0.2, 0) is 15.6 Å². The molecule has 0 unspecified atom stereocenters. The first-order valence-electron chi connectivity index (χ1n) is 6.78. The van der Waals surface area contributed by atoms with E-state index < -0.39 is 10.8 Å². The minimum Gasteiger partial charge on any atom is -0.342 e. The largest absolute Gasteiger partial charge is 0.342 e. The summed E-state index contributed by atoms with van der Waals surface area (Å²) in [6.45, 7) is 4.27. The molecule has 0 bridgehead atoms. The Morgan fingerprint density at radius 1 is 1.28 bits per heavy atom. The molecule has 0 aromatic carbocycles. The number of likely N-dealkylation sites (tertiary alicyclic amines) is 1. The standard InChI is InChI=1S/C13H26N2O2S/c1-12(11-18(3)17)14(2)10-13(16)15-8-6-4-5-7-9-15/h12H,4-11H2,1-3H3/t12-,18+/m0/s1. The van der Waals surface area contributed by atoms with Crippen LogP contribution in [0.4, 0.5) is 0 Å². The summed E-state index contributed by atoms with van der Waals surface area (Å²) in [5, 5.41) is 0. The summed E-state index contributed by atoms with van der Waals surface area (Å²) in [6, 6.07) is 0.187. The lowest BCUT2D eigenvalue weighted by atomic mass is 10.2. The van der Waals surface area contributed by atoms with Crippen molar-refractivity contribution in [3.05, 3.63) is 0 Å². The highest BCUT2D eigenvalue weighted by molar-refractivity contribution is 7.84. The molecule has 1 aliphatic heterocycles. The van der Waals surface area contributed by atoms with Crippen molar-refractivity contribution in [3.63, 3.8) is 0 Å². The lowest BCUT2D eigenvalue weighted by Gasteiger charge is -2.27. The molecule has 1 heterocycles. The van der Waals surface area contributed by atoms with Gasteiger partial charge in [0.2, 0.25) is 5.91 Å². The summed E-state index contributed by atoms with van der Waals surface area (Å²) in [5.74, 6) is 0.845. The third kappa shape index (κ3) is 5.48. The van der Waals surface area contributed by atoms with Gasteiger partial charge in [0, 0.05) is 41.9 Å². The first-order chi connectivity index (χ1) is 8.50. The van der Waals surface area contributed by atoms with E-state index in [-0.39, 0.29) is 11.9 Å². The molecular weight excluding hydrogens is 248 g/mol. The van der Waals surface area contributed by atoms with Crippen molar-refractivity contribution in [2.45, 2.75) is 38.6 Å².